The van der Waals surface area contributed by atoms with Gasteiger partial charge in [-0.05, 0) is 24.3 Å². The third kappa shape index (κ3) is 3.13. The number of amides is 1. The van der Waals surface area contributed by atoms with Crippen molar-refractivity contribution < 1.29 is 18.0 Å². The van der Waals surface area contributed by atoms with Crippen molar-refractivity contribution in [2.45, 2.75) is 11.0 Å². The molecule has 19 heavy (non-hydrogen) atoms. The molecule has 0 atom stereocenters. The maximum Gasteiger partial charge on any atom is 0.431 e. The zero-order valence-corrected chi connectivity index (χ0v) is 10.7. The Labute approximate surface area is 115 Å². The van der Waals surface area contributed by atoms with Gasteiger partial charge in [0.1, 0.15) is 5.69 Å². The van der Waals surface area contributed by atoms with Crippen molar-refractivity contribution in [3.63, 3.8) is 0 Å². The van der Waals surface area contributed by atoms with Gasteiger partial charge in [0, 0.05) is 16.6 Å². The highest BCUT2D eigenvalue weighted by Gasteiger charge is 2.32. The van der Waals surface area contributed by atoms with Gasteiger partial charge >= 0.3 is 6.18 Å². The summed E-state index contributed by atoms with van der Waals surface area (Å²) in [4.78, 5) is 12.3. The van der Waals surface area contributed by atoms with E-state index in [1.54, 1.807) is 0 Å². The lowest BCUT2D eigenvalue weighted by Gasteiger charge is -2.05. The second kappa shape index (κ2) is 4.94. The summed E-state index contributed by atoms with van der Waals surface area (Å²) in [6.45, 7) is 0. The van der Waals surface area contributed by atoms with Gasteiger partial charge < -0.3 is 10.3 Å². The molecule has 2 rings (SSSR count). The quantitative estimate of drug-likeness (QED) is 0.811. The number of fused-ring (bicyclic) bond motifs is 1. The number of halogens is 5. The van der Waals surface area contributed by atoms with Gasteiger partial charge in [-0.25, -0.2) is 0 Å². The summed E-state index contributed by atoms with van der Waals surface area (Å²) in [5, 5.41) is 2.71. The van der Waals surface area contributed by atoms with E-state index in [1.807, 2.05) is 0 Å². The molecule has 0 unspecified atom stereocenters. The fourth-order valence-electron chi connectivity index (χ4n) is 1.56. The largest absolute Gasteiger partial charge is 0.431 e. The number of rotatable bonds is 2. The highest BCUT2D eigenvalue weighted by atomic mass is 35.5. The van der Waals surface area contributed by atoms with E-state index in [2.05, 4.69) is 10.3 Å². The lowest BCUT2D eigenvalue weighted by molar-refractivity contribution is -0.140. The Hall–Kier alpha value is -1.40. The maximum atomic E-state index is 12.5. The molecule has 0 saturated heterocycles. The average Bonchev–Trinajstić information content (AvgIpc) is 2.71. The fraction of sp³-hybridized carbons (Fsp3) is 0.182. The van der Waals surface area contributed by atoms with Gasteiger partial charge in [0.05, 0.1) is 0 Å². The topological polar surface area (TPSA) is 44.9 Å². The molecule has 0 fully saturated rings. The SMILES string of the molecule is O=C(Nc1ccc2[nH]c(C(F)(F)F)cc2c1)C(Cl)Cl. The van der Waals surface area contributed by atoms with Crippen molar-refractivity contribution in [3.05, 3.63) is 30.0 Å². The molecule has 0 radical (unpaired) electrons. The first-order chi connectivity index (χ1) is 8.77. The van der Waals surface area contributed by atoms with E-state index in [0.29, 0.717) is 16.6 Å². The molecule has 0 aliphatic carbocycles. The maximum absolute atomic E-state index is 12.5. The Balaban J connectivity index is 2.33. The minimum absolute atomic E-state index is 0.316. The highest BCUT2D eigenvalue weighted by molar-refractivity contribution is 6.54. The molecular weight excluding hydrogens is 304 g/mol. The van der Waals surface area contributed by atoms with E-state index in [9.17, 15) is 18.0 Å². The minimum atomic E-state index is -4.44. The molecule has 0 aliphatic heterocycles. The first-order valence-electron chi connectivity index (χ1n) is 5.06. The van der Waals surface area contributed by atoms with Crippen LogP contribution in [0, 0.1) is 0 Å². The number of hydrogen-bond acceptors (Lipinski definition) is 1. The first kappa shape index (κ1) is 14.0. The Morgan fingerprint density at radius 2 is 1.95 bits per heavy atom. The van der Waals surface area contributed by atoms with Gasteiger partial charge in [-0.2, -0.15) is 13.2 Å². The number of carbonyl (C=O) groups excluding carboxylic acids is 1. The number of alkyl halides is 5. The summed E-state index contributed by atoms with van der Waals surface area (Å²) < 4.78 is 37.5. The van der Waals surface area contributed by atoms with Crippen molar-refractivity contribution in [2.24, 2.45) is 0 Å². The molecule has 0 saturated carbocycles. The second-order valence-electron chi connectivity index (χ2n) is 3.77. The third-order valence-corrected chi connectivity index (χ3v) is 2.79. The van der Waals surface area contributed by atoms with Crippen LogP contribution in [0.2, 0.25) is 0 Å². The van der Waals surface area contributed by atoms with Crippen LogP contribution >= 0.6 is 23.2 Å². The van der Waals surface area contributed by atoms with E-state index in [4.69, 9.17) is 23.2 Å². The molecule has 2 N–H and O–H groups in total. The average molecular weight is 311 g/mol. The molecule has 1 heterocycles. The normalized spacial score (nSPS) is 12.1. The fourth-order valence-corrected chi connectivity index (χ4v) is 1.67. The molecule has 0 bridgehead atoms. The molecule has 1 aromatic heterocycles. The van der Waals surface area contributed by atoms with Gasteiger partial charge in [-0.1, -0.05) is 23.2 Å². The van der Waals surface area contributed by atoms with Crippen molar-refractivity contribution >= 4 is 45.7 Å². The van der Waals surface area contributed by atoms with Crippen LogP contribution < -0.4 is 5.32 Å². The lowest BCUT2D eigenvalue weighted by Crippen LogP contribution is -2.18. The monoisotopic (exact) mass is 310 g/mol. The molecule has 1 aromatic carbocycles. The van der Waals surface area contributed by atoms with Crippen LogP contribution in [0.4, 0.5) is 18.9 Å². The predicted molar refractivity (Wildman–Crippen MR) is 67.4 cm³/mol. The van der Waals surface area contributed by atoms with E-state index >= 15 is 0 Å². The lowest BCUT2D eigenvalue weighted by atomic mass is 10.2. The van der Waals surface area contributed by atoms with Gasteiger partial charge in [0.2, 0.25) is 0 Å². The smallest absolute Gasteiger partial charge is 0.351 e. The Kier molecular flexibility index (Phi) is 3.64. The van der Waals surface area contributed by atoms with Crippen molar-refractivity contribution in [2.75, 3.05) is 5.32 Å². The Morgan fingerprint density at radius 1 is 1.26 bits per heavy atom. The summed E-state index contributed by atoms with van der Waals surface area (Å²) in [6, 6.07) is 5.24. The van der Waals surface area contributed by atoms with Crippen LogP contribution in [0.3, 0.4) is 0 Å². The van der Waals surface area contributed by atoms with E-state index in [1.165, 1.54) is 18.2 Å². The second-order valence-corrected chi connectivity index (χ2v) is 4.87. The molecule has 1 amide bonds. The predicted octanol–water partition coefficient (Wildman–Crippen LogP) is 3.93. The summed E-state index contributed by atoms with van der Waals surface area (Å²) in [7, 11) is 0. The molecule has 0 aliphatic rings. The van der Waals surface area contributed by atoms with Crippen molar-refractivity contribution in [1.82, 2.24) is 4.98 Å². The summed E-state index contributed by atoms with van der Waals surface area (Å²) in [5.74, 6) is -0.644. The molecule has 0 spiro atoms. The number of anilines is 1. The Bertz CT molecular complexity index is 622. The molecular formula is C11H7Cl2F3N2O. The summed E-state index contributed by atoms with van der Waals surface area (Å²) in [5.41, 5.74) is -0.214. The first-order valence-corrected chi connectivity index (χ1v) is 5.93. The minimum Gasteiger partial charge on any atom is -0.351 e. The highest BCUT2D eigenvalue weighted by Crippen LogP contribution is 2.31. The van der Waals surface area contributed by atoms with Crippen LogP contribution in [-0.4, -0.2) is 15.7 Å². The van der Waals surface area contributed by atoms with Crippen LogP contribution in [-0.2, 0) is 11.0 Å². The number of aromatic nitrogens is 1. The van der Waals surface area contributed by atoms with Crippen LogP contribution in [0.15, 0.2) is 24.3 Å². The molecule has 8 heteroatoms. The Morgan fingerprint density at radius 3 is 2.53 bits per heavy atom. The van der Waals surface area contributed by atoms with Gasteiger partial charge in [0.15, 0.2) is 4.84 Å². The van der Waals surface area contributed by atoms with Gasteiger partial charge in [-0.15, -0.1) is 0 Å². The number of benzene rings is 1. The van der Waals surface area contributed by atoms with Gasteiger partial charge in [-0.3, -0.25) is 4.79 Å². The number of aromatic amines is 1. The van der Waals surface area contributed by atoms with Crippen LogP contribution in [0.5, 0.6) is 0 Å². The summed E-state index contributed by atoms with van der Waals surface area (Å²) in [6.07, 6.45) is -4.44. The third-order valence-electron chi connectivity index (χ3n) is 2.39. The number of H-pyrrole nitrogens is 1. The van der Waals surface area contributed by atoms with Crippen LogP contribution in [0.25, 0.3) is 10.9 Å². The van der Waals surface area contributed by atoms with Gasteiger partial charge in [0.25, 0.3) is 5.91 Å². The standard InChI is InChI=1S/C11H7Cl2F3N2O/c12-9(13)10(19)17-6-1-2-7-5(3-6)4-8(18-7)11(14,15)16/h1-4,9,18H,(H,17,19). The number of carbonyl (C=O) groups is 1. The zero-order chi connectivity index (χ0) is 14.2. The summed E-state index contributed by atoms with van der Waals surface area (Å²) >= 11 is 10.7. The van der Waals surface area contributed by atoms with E-state index in [0.717, 1.165) is 6.07 Å². The van der Waals surface area contributed by atoms with Crippen molar-refractivity contribution in [3.8, 4) is 0 Å². The molecule has 3 nitrogen and oxygen atoms in total. The molecule has 102 valence electrons. The van der Waals surface area contributed by atoms with E-state index in [-0.39, 0.29) is 0 Å². The zero-order valence-electron chi connectivity index (χ0n) is 9.18. The molecule has 2 aromatic rings. The van der Waals surface area contributed by atoms with Crippen LogP contribution in [0.1, 0.15) is 5.69 Å². The van der Waals surface area contributed by atoms with E-state index < -0.39 is 22.6 Å². The van der Waals surface area contributed by atoms with Crippen molar-refractivity contribution in [1.29, 1.82) is 0 Å². The number of nitrogens with one attached hydrogen (secondary N) is 2. The number of hydrogen-bond donors (Lipinski definition) is 2.